The average Bonchev–Trinajstić information content (AvgIpc) is 2.79. The lowest BCUT2D eigenvalue weighted by atomic mass is 9.95. The van der Waals surface area contributed by atoms with Crippen LogP contribution in [0.2, 0.25) is 0 Å². The molecule has 4 heteroatoms. The summed E-state index contributed by atoms with van der Waals surface area (Å²) in [6.45, 7) is 10.5. The van der Waals surface area contributed by atoms with Crippen LogP contribution < -0.4 is 5.32 Å². The molecule has 0 radical (unpaired) electrons. The van der Waals surface area contributed by atoms with Gasteiger partial charge in [-0.25, -0.2) is 0 Å². The second-order valence-electron chi connectivity index (χ2n) is 5.00. The van der Waals surface area contributed by atoms with Crippen LogP contribution in [-0.4, -0.2) is 21.2 Å². The van der Waals surface area contributed by atoms with Crippen molar-refractivity contribution in [2.75, 3.05) is 5.88 Å². The highest BCUT2D eigenvalue weighted by Gasteiger charge is 2.21. The molecule has 18 heavy (non-hydrogen) atoms. The minimum absolute atomic E-state index is 0.122. The predicted molar refractivity (Wildman–Crippen MR) is 78.2 cm³/mol. The van der Waals surface area contributed by atoms with Gasteiger partial charge in [0.1, 0.15) is 0 Å². The molecule has 3 nitrogen and oxygen atoms in total. The molecule has 0 saturated carbocycles. The number of rotatable bonds is 8. The van der Waals surface area contributed by atoms with Gasteiger partial charge in [0.05, 0.1) is 11.4 Å². The number of aryl methyl sites for hydroxylation is 2. The lowest BCUT2D eigenvalue weighted by Gasteiger charge is -2.29. The first-order valence-corrected chi connectivity index (χ1v) is 7.48. The Labute approximate surface area is 116 Å². The van der Waals surface area contributed by atoms with Gasteiger partial charge in [-0.05, 0) is 39.2 Å². The Morgan fingerprint density at radius 3 is 2.61 bits per heavy atom. The number of nitrogens with one attached hydrogen (secondary N) is 1. The van der Waals surface area contributed by atoms with Crippen molar-refractivity contribution in [3.8, 4) is 0 Å². The summed E-state index contributed by atoms with van der Waals surface area (Å²) in [6.07, 6.45) is 3.07. The van der Waals surface area contributed by atoms with Gasteiger partial charge in [-0.1, -0.05) is 13.8 Å². The smallest absolute Gasteiger partial charge is 0.0625 e. The second-order valence-corrected chi connectivity index (χ2v) is 5.38. The Bertz CT molecular complexity index is 362. The van der Waals surface area contributed by atoms with Gasteiger partial charge in [-0.3, -0.25) is 4.68 Å². The number of aromatic nitrogens is 2. The molecule has 0 bridgehead atoms. The molecule has 0 fully saturated rings. The van der Waals surface area contributed by atoms with Crippen LogP contribution in [0.1, 0.15) is 51.9 Å². The molecule has 0 aliphatic heterocycles. The van der Waals surface area contributed by atoms with E-state index in [1.807, 2.05) is 0 Å². The van der Waals surface area contributed by atoms with Crippen molar-refractivity contribution < 1.29 is 0 Å². The minimum Gasteiger partial charge on any atom is -0.306 e. The van der Waals surface area contributed by atoms with Gasteiger partial charge < -0.3 is 5.32 Å². The molecule has 1 heterocycles. The topological polar surface area (TPSA) is 29.9 Å². The maximum Gasteiger partial charge on any atom is 0.0625 e. The zero-order chi connectivity index (χ0) is 13.6. The summed E-state index contributed by atoms with van der Waals surface area (Å²) in [5.74, 6) is 0.699. The monoisotopic (exact) mass is 271 g/mol. The Morgan fingerprint density at radius 2 is 2.11 bits per heavy atom. The standard InChI is InChI=1S/C14H26ClN3/c1-5-12-10-13(18(7-3)17-12)11-16-14(4,6-2)8-9-15/h10,16H,5-9,11H2,1-4H3. The van der Waals surface area contributed by atoms with E-state index in [1.165, 1.54) is 11.4 Å². The maximum atomic E-state index is 5.87. The van der Waals surface area contributed by atoms with E-state index in [0.29, 0.717) is 5.88 Å². The van der Waals surface area contributed by atoms with Crippen molar-refractivity contribution in [3.63, 3.8) is 0 Å². The van der Waals surface area contributed by atoms with E-state index in [-0.39, 0.29) is 5.54 Å². The first-order valence-electron chi connectivity index (χ1n) is 6.95. The van der Waals surface area contributed by atoms with Gasteiger partial charge in [0, 0.05) is 24.5 Å². The SMILES string of the molecule is CCc1cc(CNC(C)(CC)CCCl)n(CC)n1. The van der Waals surface area contributed by atoms with Crippen molar-refractivity contribution in [1.82, 2.24) is 15.1 Å². The Hall–Kier alpha value is -0.540. The minimum atomic E-state index is 0.122. The van der Waals surface area contributed by atoms with Crippen LogP contribution in [0.3, 0.4) is 0 Å². The average molecular weight is 272 g/mol. The fourth-order valence-corrected chi connectivity index (χ4v) is 2.42. The summed E-state index contributed by atoms with van der Waals surface area (Å²) in [5.41, 5.74) is 2.56. The fraction of sp³-hybridized carbons (Fsp3) is 0.786. The molecule has 1 aromatic rings. The molecule has 0 aromatic carbocycles. The van der Waals surface area contributed by atoms with E-state index in [0.717, 1.165) is 32.4 Å². The van der Waals surface area contributed by atoms with Gasteiger partial charge >= 0.3 is 0 Å². The van der Waals surface area contributed by atoms with Gasteiger partial charge in [0.15, 0.2) is 0 Å². The van der Waals surface area contributed by atoms with Gasteiger partial charge in [0.25, 0.3) is 0 Å². The molecular formula is C14H26ClN3. The molecule has 104 valence electrons. The summed E-state index contributed by atoms with van der Waals surface area (Å²) in [5, 5.41) is 8.20. The number of alkyl halides is 1. The van der Waals surface area contributed by atoms with E-state index in [2.05, 4.69) is 48.9 Å². The lowest BCUT2D eigenvalue weighted by molar-refractivity contribution is 0.326. The third kappa shape index (κ3) is 3.99. The van der Waals surface area contributed by atoms with Crippen molar-refractivity contribution in [2.45, 2.75) is 65.6 Å². The van der Waals surface area contributed by atoms with Crippen molar-refractivity contribution >= 4 is 11.6 Å². The highest BCUT2D eigenvalue weighted by atomic mass is 35.5. The van der Waals surface area contributed by atoms with Crippen molar-refractivity contribution in [3.05, 3.63) is 17.5 Å². The maximum absolute atomic E-state index is 5.87. The highest BCUT2D eigenvalue weighted by molar-refractivity contribution is 6.17. The van der Waals surface area contributed by atoms with Crippen LogP contribution in [-0.2, 0) is 19.5 Å². The summed E-state index contributed by atoms with van der Waals surface area (Å²) in [4.78, 5) is 0. The second kappa shape index (κ2) is 7.15. The number of halogens is 1. The van der Waals surface area contributed by atoms with Gasteiger partial charge in [-0.15, -0.1) is 11.6 Å². The molecular weight excluding hydrogens is 246 g/mol. The summed E-state index contributed by atoms with van der Waals surface area (Å²) in [7, 11) is 0. The van der Waals surface area contributed by atoms with Crippen LogP contribution >= 0.6 is 11.6 Å². The molecule has 0 aliphatic carbocycles. The van der Waals surface area contributed by atoms with Crippen molar-refractivity contribution in [1.29, 1.82) is 0 Å². The van der Waals surface area contributed by atoms with Crippen molar-refractivity contribution in [2.24, 2.45) is 0 Å². The molecule has 1 unspecified atom stereocenters. The largest absolute Gasteiger partial charge is 0.306 e. The molecule has 1 aromatic heterocycles. The highest BCUT2D eigenvalue weighted by Crippen LogP contribution is 2.16. The van der Waals surface area contributed by atoms with Crippen LogP contribution in [0, 0.1) is 0 Å². The summed E-state index contributed by atoms with van der Waals surface area (Å²) >= 11 is 5.87. The van der Waals surface area contributed by atoms with E-state index in [9.17, 15) is 0 Å². The number of hydrogen-bond acceptors (Lipinski definition) is 2. The molecule has 1 atom stereocenters. The predicted octanol–water partition coefficient (Wildman–Crippen LogP) is 3.35. The van der Waals surface area contributed by atoms with Crippen LogP contribution in [0.5, 0.6) is 0 Å². The zero-order valence-electron chi connectivity index (χ0n) is 12.1. The Balaban J connectivity index is 2.69. The number of hydrogen-bond donors (Lipinski definition) is 1. The molecule has 0 amide bonds. The zero-order valence-corrected chi connectivity index (χ0v) is 12.8. The fourth-order valence-electron chi connectivity index (χ4n) is 2.01. The number of nitrogens with zero attached hydrogens (tertiary/aromatic N) is 2. The Morgan fingerprint density at radius 1 is 1.39 bits per heavy atom. The summed E-state index contributed by atoms with van der Waals surface area (Å²) in [6, 6.07) is 2.20. The molecule has 0 spiro atoms. The van der Waals surface area contributed by atoms with E-state index in [4.69, 9.17) is 11.6 Å². The lowest BCUT2D eigenvalue weighted by Crippen LogP contribution is -2.42. The molecule has 1 N–H and O–H groups in total. The van der Waals surface area contributed by atoms with Crippen LogP contribution in [0.25, 0.3) is 0 Å². The first kappa shape index (κ1) is 15.5. The third-order valence-corrected chi connectivity index (χ3v) is 3.89. The first-order chi connectivity index (χ1) is 8.58. The normalized spacial score (nSPS) is 14.7. The Kier molecular flexibility index (Phi) is 6.16. The quantitative estimate of drug-likeness (QED) is 0.735. The molecule has 0 aliphatic rings. The van der Waals surface area contributed by atoms with Crippen LogP contribution in [0.15, 0.2) is 6.07 Å². The summed E-state index contributed by atoms with van der Waals surface area (Å²) < 4.78 is 2.09. The third-order valence-electron chi connectivity index (χ3n) is 3.70. The van der Waals surface area contributed by atoms with Gasteiger partial charge in [0.2, 0.25) is 0 Å². The van der Waals surface area contributed by atoms with E-state index in [1.54, 1.807) is 0 Å². The van der Waals surface area contributed by atoms with E-state index < -0.39 is 0 Å². The van der Waals surface area contributed by atoms with Crippen LogP contribution in [0.4, 0.5) is 0 Å². The molecule has 1 rings (SSSR count). The van der Waals surface area contributed by atoms with Gasteiger partial charge in [-0.2, -0.15) is 5.10 Å². The molecule has 0 saturated heterocycles. The van der Waals surface area contributed by atoms with E-state index >= 15 is 0 Å².